The molecule has 0 saturated carbocycles. The molecule has 5 heteroatoms. The van der Waals surface area contributed by atoms with Crippen molar-refractivity contribution >= 4 is 57.2 Å². The zero-order valence-corrected chi connectivity index (χ0v) is 26.2. The van der Waals surface area contributed by atoms with Crippen LogP contribution in [0, 0.1) is 0 Å². The van der Waals surface area contributed by atoms with Gasteiger partial charge in [0.2, 0.25) is 0 Å². The summed E-state index contributed by atoms with van der Waals surface area (Å²) in [6.07, 6.45) is 0. The van der Waals surface area contributed by atoms with Crippen molar-refractivity contribution in [3.63, 3.8) is 0 Å². The van der Waals surface area contributed by atoms with Crippen LogP contribution in [0.1, 0.15) is 0 Å². The predicted molar refractivity (Wildman–Crippen MR) is 189 cm³/mol. The van der Waals surface area contributed by atoms with Gasteiger partial charge < -0.3 is 19.3 Å². The summed E-state index contributed by atoms with van der Waals surface area (Å²) in [5.74, 6) is 0. The fraction of sp³-hybridized carbons (Fsp3) is 0.0769. The van der Waals surface area contributed by atoms with E-state index in [1.165, 1.54) is 0 Å². The van der Waals surface area contributed by atoms with Crippen molar-refractivity contribution in [2.45, 2.75) is 0 Å². The summed E-state index contributed by atoms with van der Waals surface area (Å²) < 4.78 is 15.4. The minimum Gasteiger partial charge on any atom is -0.345 e. The molecule has 0 fully saturated rings. The highest BCUT2D eigenvalue weighted by atomic mass is 31.2. The average Bonchev–Trinajstić information content (AvgIpc) is 3.11. The smallest absolute Gasteiger partial charge is 0.171 e. The van der Waals surface area contributed by atoms with Crippen molar-refractivity contribution in [2.75, 3.05) is 35.8 Å². The van der Waals surface area contributed by atoms with Crippen molar-refractivity contribution in [2.24, 2.45) is 0 Å². The molecule has 0 aliphatic carbocycles. The van der Waals surface area contributed by atoms with E-state index in [2.05, 4.69) is 87.5 Å². The topological polar surface area (TPSA) is 26.8 Å². The molecule has 6 aromatic carbocycles. The molecular weight excluding hydrogens is 557 g/mol. The standard InChI is InChI=1S/C39H36N3OP/c1-40(31-13-7-4-8-14-31)34-19-25-37(26-20-34)44(43,38-27-21-35(22-28-38)41(2)32-15-9-5-10-16-32)39-29-23-36(24-30-39)42(3)33-17-11-6-12-18-33/h4-30H,1-3H3. The predicted octanol–water partition coefficient (Wildman–Crippen LogP) is 8.63. The Labute approximate surface area is 260 Å². The molecule has 0 aliphatic rings. The lowest BCUT2D eigenvalue weighted by molar-refractivity contribution is 0.592. The van der Waals surface area contributed by atoms with Gasteiger partial charge in [-0.1, -0.05) is 54.6 Å². The van der Waals surface area contributed by atoms with Crippen LogP contribution in [0.5, 0.6) is 0 Å². The van der Waals surface area contributed by atoms with E-state index < -0.39 is 7.14 Å². The van der Waals surface area contributed by atoms with Gasteiger partial charge in [0, 0.05) is 71.2 Å². The first-order valence-corrected chi connectivity index (χ1v) is 16.4. The van der Waals surface area contributed by atoms with Gasteiger partial charge in [0.15, 0.2) is 7.14 Å². The summed E-state index contributed by atoms with van der Waals surface area (Å²) in [5, 5.41) is 2.41. The number of para-hydroxylation sites is 3. The van der Waals surface area contributed by atoms with E-state index in [0.717, 1.165) is 50.0 Å². The maximum absolute atomic E-state index is 15.4. The Morgan fingerprint density at radius 1 is 0.318 bits per heavy atom. The Hall–Kier alpha value is -5.05. The SMILES string of the molecule is CN(c1ccccc1)c1ccc(P(=O)(c2ccc(N(C)c3ccccc3)cc2)c2ccc(N(C)c3ccccc3)cc2)cc1. The van der Waals surface area contributed by atoms with Crippen molar-refractivity contribution in [3.8, 4) is 0 Å². The van der Waals surface area contributed by atoms with Crippen LogP contribution in [-0.2, 0) is 4.57 Å². The minimum atomic E-state index is -3.20. The molecule has 0 amide bonds. The Kier molecular flexibility index (Phi) is 8.36. The fourth-order valence-corrected chi connectivity index (χ4v) is 8.11. The third kappa shape index (κ3) is 5.77. The van der Waals surface area contributed by atoms with Gasteiger partial charge in [-0.25, -0.2) is 0 Å². The summed E-state index contributed by atoms with van der Waals surface area (Å²) in [6, 6.07) is 55.2. The molecule has 218 valence electrons. The second kappa shape index (κ2) is 12.7. The molecule has 44 heavy (non-hydrogen) atoms. The van der Waals surface area contributed by atoms with Crippen LogP contribution in [0.3, 0.4) is 0 Å². The van der Waals surface area contributed by atoms with Gasteiger partial charge in [-0.05, 0) is 109 Å². The molecule has 4 nitrogen and oxygen atoms in total. The van der Waals surface area contributed by atoms with E-state index in [1.54, 1.807) is 0 Å². The van der Waals surface area contributed by atoms with Crippen LogP contribution in [0.4, 0.5) is 34.1 Å². The van der Waals surface area contributed by atoms with E-state index in [4.69, 9.17) is 0 Å². The molecule has 0 N–H and O–H groups in total. The van der Waals surface area contributed by atoms with E-state index in [1.807, 2.05) is 112 Å². The van der Waals surface area contributed by atoms with Crippen LogP contribution < -0.4 is 30.6 Å². The molecule has 0 unspecified atom stereocenters. The van der Waals surface area contributed by atoms with Crippen LogP contribution in [0.2, 0.25) is 0 Å². The fourth-order valence-electron chi connectivity index (χ4n) is 5.51. The highest BCUT2D eigenvalue weighted by Crippen LogP contribution is 2.44. The average molecular weight is 594 g/mol. The normalized spacial score (nSPS) is 11.2. The quantitative estimate of drug-likeness (QED) is 0.157. The highest BCUT2D eigenvalue weighted by Gasteiger charge is 2.30. The van der Waals surface area contributed by atoms with Crippen molar-refractivity contribution in [1.29, 1.82) is 0 Å². The molecule has 6 aromatic rings. The number of rotatable bonds is 9. The van der Waals surface area contributed by atoms with Crippen LogP contribution in [-0.4, -0.2) is 21.1 Å². The molecule has 6 rings (SSSR count). The molecule has 0 radical (unpaired) electrons. The first-order chi connectivity index (χ1) is 21.4. The van der Waals surface area contributed by atoms with E-state index >= 15 is 4.57 Å². The molecule has 0 saturated heterocycles. The minimum absolute atomic E-state index is 0.802. The maximum Gasteiger partial charge on any atom is 0.171 e. The summed E-state index contributed by atoms with van der Waals surface area (Å²) in [7, 11) is 2.95. The molecule has 0 aliphatic heterocycles. The maximum atomic E-state index is 15.4. The third-order valence-electron chi connectivity index (χ3n) is 8.23. The largest absolute Gasteiger partial charge is 0.345 e. The van der Waals surface area contributed by atoms with E-state index in [-0.39, 0.29) is 0 Å². The molecule has 0 heterocycles. The number of hydrogen-bond acceptors (Lipinski definition) is 4. The van der Waals surface area contributed by atoms with Crippen LogP contribution in [0.25, 0.3) is 0 Å². The molecule has 0 atom stereocenters. The molecular formula is C39H36N3OP. The lowest BCUT2D eigenvalue weighted by Gasteiger charge is -2.25. The van der Waals surface area contributed by atoms with E-state index in [9.17, 15) is 0 Å². The summed E-state index contributed by atoms with van der Waals surface area (Å²) >= 11 is 0. The van der Waals surface area contributed by atoms with Crippen LogP contribution >= 0.6 is 7.14 Å². The number of nitrogens with zero attached hydrogens (tertiary/aromatic N) is 3. The van der Waals surface area contributed by atoms with Gasteiger partial charge in [0.05, 0.1) is 0 Å². The Morgan fingerprint density at radius 2 is 0.523 bits per heavy atom. The molecule has 0 bridgehead atoms. The highest BCUT2D eigenvalue weighted by molar-refractivity contribution is 7.85. The van der Waals surface area contributed by atoms with Gasteiger partial charge in [-0.2, -0.15) is 0 Å². The summed E-state index contributed by atoms with van der Waals surface area (Å²) in [6.45, 7) is 0. The second-order valence-corrected chi connectivity index (χ2v) is 13.6. The number of anilines is 6. The van der Waals surface area contributed by atoms with Crippen LogP contribution in [0.15, 0.2) is 164 Å². The molecule has 0 spiro atoms. The van der Waals surface area contributed by atoms with Gasteiger partial charge in [-0.15, -0.1) is 0 Å². The number of hydrogen-bond donors (Lipinski definition) is 0. The Balaban J connectivity index is 1.38. The van der Waals surface area contributed by atoms with Crippen molar-refractivity contribution in [3.05, 3.63) is 164 Å². The van der Waals surface area contributed by atoms with Gasteiger partial charge in [0.1, 0.15) is 0 Å². The van der Waals surface area contributed by atoms with E-state index in [0.29, 0.717) is 0 Å². The summed E-state index contributed by atoms with van der Waals surface area (Å²) in [5.41, 5.74) is 6.39. The van der Waals surface area contributed by atoms with Gasteiger partial charge in [0.25, 0.3) is 0 Å². The van der Waals surface area contributed by atoms with Gasteiger partial charge >= 0.3 is 0 Å². The van der Waals surface area contributed by atoms with Crippen molar-refractivity contribution in [1.82, 2.24) is 0 Å². The van der Waals surface area contributed by atoms with Gasteiger partial charge in [-0.3, -0.25) is 0 Å². The zero-order chi connectivity index (χ0) is 30.5. The Morgan fingerprint density at radius 3 is 0.750 bits per heavy atom. The lowest BCUT2D eigenvalue weighted by atomic mass is 10.2. The first kappa shape index (κ1) is 29.0. The summed E-state index contributed by atoms with van der Waals surface area (Å²) in [4.78, 5) is 6.41. The van der Waals surface area contributed by atoms with Crippen molar-refractivity contribution < 1.29 is 4.57 Å². The zero-order valence-electron chi connectivity index (χ0n) is 25.3. The lowest BCUT2D eigenvalue weighted by Crippen LogP contribution is -2.26. The third-order valence-corrected chi connectivity index (χ3v) is 11.3. The second-order valence-electron chi connectivity index (χ2n) is 10.8. The Bertz CT molecular complexity index is 1620. The first-order valence-electron chi connectivity index (χ1n) is 14.7. The monoisotopic (exact) mass is 593 g/mol. The number of benzene rings is 6. The molecule has 0 aromatic heterocycles.